The molecule has 4 aliphatic rings. The molecular weight excluding hydrogens is 456 g/mol. The van der Waals surface area contributed by atoms with E-state index in [0.29, 0.717) is 22.1 Å². The monoisotopic (exact) mass is 473 g/mol. The van der Waals surface area contributed by atoms with Crippen molar-refractivity contribution in [2.24, 2.45) is 0 Å². The Morgan fingerprint density at radius 1 is 0.900 bits per heavy atom. The molecule has 1 aromatic carbocycles. The van der Waals surface area contributed by atoms with E-state index in [2.05, 4.69) is 4.52 Å². The fourth-order valence-corrected chi connectivity index (χ4v) is 3.87. The molecule has 1 aliphatic carbocycles. The molecule has 0 bridgehead atoms. The molecular formula is C18H18Cl2N3O6P. The number of rotatable bonds is 5. The van der Waals surface area contributed by atoms with Gasteiger partial charge in [0.2, 0.25) is 11.6 Å². The lowest BCUT2D eigenvalue weighted by atomic mass is 10.0. The van der Waals surface area contributed by atoms with Gasteiger partial charge in [-0.3, -0.25) is 19.4 Å². The van der Waals surface area contributed by atoms with E-state index in [1.807, 2.05) is 14.7 Å². The van der Waals surface area contributed by atoms with Crippen LogP contribution in [0.5, 0.6) is 5.75 Å². The summed E-state index contributed by atoms with van der Waals surface area (Å²) in [5.74, 6) is -0.0493. The molecule has 5 rings (SSSR count). The quantitative estimate of drug-likeness (QED) is 0.374. The first-order chi connectivity index (χ1) is 14.1. The molecule has 0 amide bonds. The molecule has 30 heavy (non-hydrogen) atoms. The second-order valence-corrected chi connectivity index (χ2v) is 9.05. The van der Waals surface area contributed by atoms with E-state index in [4.69, 9.17) is 33.0 Å². The lowest BCUT2D eigenvalue weighted by molar-refractivity contribution is -0.117. The highest BCUT2D eigenvalue weighted by atomic mass is 35.5. The van der Waals surface area contributed by atoms with Crippen molar-refractivity contribution in [3.8, 4) is 5.75 Å². The largest absolute Gasteiger partial charge is 0.524 e. The predicted octanol–water partition coefficient (Wildman–Crippen LogP) is 1.65. The second kappa shape index (κ2) is 7.90. The van der Waals surface area contributed by atoms with E-state index in [9.17, 15) is 14.2 Å². The Kier molecular flexibility index (Phi) is 5.59. The molecule has 0 spiro atoms. The third kappa shape index (κ3) is 4.99. The molecule has 2 N–H and O–H groups in total. The zero-order valence-electron chi connectivity index (χ0n) is 15.6. The number of phosphoric ester groups is 1. The van der Waals surface area contributed by atoms with E-state index in [1.54, 1.807) is 0 Å². The second-order valence-electron chi connectivity index (χ2n) is 7.04. The molecule has 3 aliphatic heterocycles. The molecule has 0 aromatic heterocycles. The van der Waals surface area contributed by atoms with Crippen molar-refractivity contribution in [3.63, 3.8) is 0 Å². The summed E-state index contributed by atoms with van der Waals surface area (Å²) in [5.41, 5.74) is 1.89. The van der Waals surface area contributed by atoms with Crippen LogP contribution in [0.1, 0.15) is 0 Å². The summed E-state index contributed by atoms with van der Waals surface area (Å²) in [7, 11) is -4.56. The number of phosphoric acid groups is 1. The van der Waals surface area contributed by atoms with Gasteiger partial charge >= 0.3 is 7.82 Å². The molecule has 0 saturated carbocycles. The summed E-state index contributed by atoms with van der Waals surface area (Å²) in [6.07, 6.45) is 1.52. The van der Waals surface area contributed by atoms with E-state index >= 15 is 0 Å². The van der Waals surface area contributed by atoms with Gasteiger partial charge in [-0.25, -0.2) is 4.57 Å². The van der Waals surface area contributed by atoms with Gasteiger partial charge in [-0.15, -0.1) is 0 Å². The molecule has 3 fully saturated rings. The Hall–Kier alpha value is -2.03. The number of allylic oxidation sites excluding steroid dienone is 1. The zero-order chi connectivity index (χ0) is 21.6. The maximum Gasteiger partial charge on any atom is 0.524 e. The number of ketones is 2. The number of hydrogen-bond donors (Lipinski definition) is 2. The third-order valence-electron chi connectivity index (χ3n) is 4.60. The van der Waals surface area contributed by atoms with Gasteiger partial charge in [-0.2, -0.15) is 0 Å². The van der Waals surface area contributed by atoms with Gasteiger partial charge in [0.15, 0.2) is 0 Å². The number of halogens is 2. The van der Waals surface area contributed by atoms with Crippen LogP contribution in [0.25, 0.3) is 0 Å². The number of nitrogens with zero attached hydrogens (tertiary/aromatic N) is 3. The Balaban J connectivity index is 0.000000152. The minimum Gasteiger partial charge on any atom is -0.403 e. The number of benzene rings is 1. The molecule has 0 unspecified atom stereocenters. The van der Waals surface area contributed by atoms with Crippen molar-refractivity contribution in [1.29, 1.82) is 0 Å². The van der Waals surface area contributed by atoms with E-state index < -0.39 is 7.82 Å². The summed E-state index contributed by atoms with van der Waals surface area (Å²) in [6, 6.07) is 4.02. The van der Waals surface area contributed by atoms with E-state index in [-0.39, 0.29) is 22.3 Å². The molecule has 0 atom stereocenters. The number of carbonyl (C=O) groups excluding carboxylic acids is 2. The SMILES string of the molecule is O=C1C=C(N2CC2)C(=O)C(N2CC2)=C1N1CC1.O=P(O)(O)Oc1ccc(Cl)cc1Cl. The highest BCUT2D eigenvalue weighted by molar-refractivity contribution is 7.46. The fourth-order valence-electron chi connectivity index (χ4n) is 2.95. The Morgan fingerprint density at radius 2 is 1.47 bits per heavy atom. The van der Waals surface area contributed by atoms with Crippen LogP contribution < -0.4 is 4.52 Å². The third-order valence-corrected chi connectivity index (χ3v) is 5.56. The van der Waals surface area contributed by atoms with Crippen LogP contribution in [-0.4, -0.2) is 75.3 Å². The number of Topliss-reactive ketones (excluding diaryl/α,β-unsaturated/α-hetero) is 1. The Labute approximate surface area is 182 Å². The molecule has 160 valence electrons. The Morgan fingerprint density at radius 3 is 1.97 bits per heavy atom. The van der Waals surface area contributed by atoms with Crippen LogP contribution in [0.4, 0.5) is 0 Å². The summed E-state index contributed by atoms with van der Waals surface area (Å²) >= 11 is 11.1. The van der Waals surface area contributed by atoms with Crippen molar-refractivity contribution < 1.29 is 28.5 Å². The van der Waals surface area contributed by atoms with Crippen LogP contribution in [0.2, 0.25) is 10.0 Å². The summed E-state index contributed by atoms with van der Waals surface area (Å²) in [6.45, 7) is 5.41. The van der Waals surface area contributed by atoms with Crippen LogP contribution in [0.15, 0.2) is 41.4 Å². The fraction of sp³-hybridized carbons (Fsp3) is 0.333. The summed E-state index contributed by atoms with van der Waals surface area (Å²) < 4.78 is 14.7. The molecule has 0 radical (unpaired) electrons. The predicted molar refractivity (Wildman–Crippen MR) is 109 cm³/mol. The zero-order valence-corrected chi connectivity index (χ0v) is 18.0. The minimum absolute atomic E-state index is 0.00546. The van der Waals surface area contributed by atoms with E-state index in [0.717, 1.165) is 39.3 Å². The first-order valence-electron chi connectivity index (χ1n) is 9.14. The lowest BCUT2D eigenvalue weighted by Gasteiger charge is -2.21. The van der Waals surface area contributed by atoms with Gasteiger partial charge in [0.05, 0.1) is 10.7 Å². The summed E-state index contributed by atoms with van der Waals surface area (Å²) in [4.78, 5) is 47.4. The molecule has 1 aromatic rings. The van der Waals surface area contributed by atoms with Crippen LogP contribution in [0.3, 0.4) is 0 Å². The van der Waals surface area contributed by atoms with Gasteiger partial charge in [-0.05, 0) is 18.2 Å². The first-order valence-corrected chi connectivity index (χ1v) is 11.4. The standard InChI is InChI=1S/C12H13N3O2.C6H5Cl2O4P/c16-9-7-8(13-1-2-13)12(17)11(15-5-6-15)10(9)14-3-4-14;7-4-1-2-6(5(8)3-4)12-13(9,10)11/h7H,1-6H2;1-3H,(H2,9,10,11). The van der Waals surface area contributed by atoms with Crippen molar-refractivity contribution in [2.75, 3.05) is 39.3 Å². The molecule has 3 saturated heterocycles. The van der Waals surface area contributed by atoms with Gasteiger partial charge in [-0.1, -0.05) is 23.2 Å². The van der Waals surface area contributed by atoms with Gasteiger partial charge < -0.3 is 19.2 Å². The molecule has 3 heterocycles. The maximum absolute atomic E-state index is 12.4. The average molecular weight is 474 g/mol. The van der Waals surface area contributed by atoms with Crippen molar-refractivity contribution >= 4 is 42.6 Å². The van der Waals surface area contributed by atoms with Crippen LogP contribution >= 0.6 is 31.0 Å². The molecule has 9 nitrogen and oxygen atoms in total. The van der Waals surface area contributed by atoms with Crippen molar-refractivity contribution in [3.05, 3.63) is 51.4 Å². The van der Waals surface area contributed by atoms with Gasteiger partial charge in [0.1, 0.15) is 17.1 Å². The highest BCUT2D eigenvalue weighted by Gasteiger charge is 2.43. The topological polar surface area (TPSA) is 110 Å². The number of hydrogen-bond acceptors (Lipinski definition) is 7. The van der Waals surface area contributed by atoms with Crippen LogP contribution in [0, 0.1) is 0 Å². The maximum atomic E-state index is 12.4. The van der Waals surface area contributed by atoms with Gasteiger partial charge in [0, 0.05) is 50.4 Å². The van der Waals surface area contributed by atoms with Crippen LogP contribution in [-0.2, 0) is 14.2 Å². The highest BCUT2D eigenvalue weighted by Crippen LogP contribution is 2.41. The smallest absolute Gasteiger partial charge is 0.403 e. The summed E-state index contributed by atoms with van der Waals surface area (Å²) in [5, 5.41) is 0.416. The van der Waals surface area contributed by atoms with Crippen molar-refractivity contribution in [2.45, 2.75) is 0 Å². The number of carbonyl (C=O) groups is 2. The van der Waals surface area contributed by atoms with Gasteiger partial charge in [0.25, 0.3) is 0 Å². The normalized spacial score (nSPS) is 20.0. The molecule has 12 heteroatoms. The van der Waals surface area contributed by atoms with Crippen molar-refractivity contribution in [1.82, 2.24) is 14.7 Å². The first kappa shape index (κ1) is 21.2. The van der Waals surface area contributed by atoms with E-state index in [1.165, 1.54) is 24.3 Å². The average Bonchev–Trinajstić information content (AvgIpc) is 3.51. The minimum atomic E-state index is -4.56. The Bertz CT molecular complexity index is 1020. The lowest BCUT2D eigenvalue weighted by Crippen LogP contribution is -2.29.